The van der Waals surface area contributed by atoms with E-state index in [4.69, 9.17) is 27.3 Å². The summed E-state index contributed by atoms with van der Waals surface area (Å²) in [4.78, 5) is 18.1. The van der Waals surface area contributed by atoms with Crippen LogP contribution < -0.4 is 10.6 Å². The van der Waals surface area contributed by atoms with Crippen molar-refractivity contribution in [1.82, 2.24) is 29.1 Å². The zero-order valence-corrected chi connectivity index (χ0v) is 20.3. The average Bonchev–Trinajstić information content (AvgIpc) is 3.59. The molecule has 0 radical (unpaired) electrons. The smallest absolute Gasteiger partial charge is 0.157 e. The van der Waals surface area contributed by atoms with Crippen LogP contribution in [-0.4, -0.2) is 42.2 Å². The summed E-state index contributed by atoms with van der Waals surface area (Å²) in [5, 5.41) is 4.91. The molecule has 1 fully saturated rings. The zero-order chi connectivity index (χ0) is 23.0. The number of rotatable bonds is 3. The quantitative estimate of drug-likeness (QED) is 0.405. The first-order valence-electron chi connectivity index (χ1n) is 11.4. The number of piperidine rings is 1. The first-order valence-corrected chi connectivity index (χ1v) is 12.6. The number of imidazole rings is 2. The first kappa shape index (κ1) is 20.3. The number of aromatic nitrogens is 6. The van der Waals surface area contributed by atoms with Gasteiger partial charge >= 0.3 is 0 Å². The number of nitrogens with two attached hydrogens (primary N) is 1. The molecule has 0 amide bonds. The Morgan fingerprint density at radius 3 is 2.74 bits per heavy atom. The van der Waals surface area contributed by atoms with Gasteiger partial charge in [0.2, 0.25) is 0 Å². The van der Waals surface area contributed by atoms with Gasteiger partial charge < -0.3 is 10.6 Å². The summed E-state index contributed by atoms with van der Waals surface area (Å²) in [7, 11) is 2.06. The van der Waals surface area contributed by atoms with Crippen molar-refractivity contribution in [2.45, 2.75) is 35.5 Å². The van der Waals surface area contributed by atoms with E-state index in [1.807, 2.05) is 12.3 Å². The molecule has 1 saturated heterocycles. The van der Waals surface area contributed by atoms with Crippen molar-refractivity contribution in [3.63, 3.8) is 0 Å². The number of hydrogen-bond donors (Lipinski definition) is 1. The van der Waals surface area contributed by atoms with Crippen LogP contribution in [0.5, 0.6) is 0 Å². The average molecular weight is 491 g/mol. The van der Waals surface area contributed by atoms with E-state index in [0.29, 0.717) is 16.3 Å². The van der Waals surface area contributed by atoms with Crippen LogP contribution in [0.25, 0.3) is 16.8 Å². The van der Waals surface area contributed by atoms with Gasteiger partial charge in [0, 0.05) is 36.9 Å². The van der Waals surface area contributed by atoms with E-state index < -0.39 is 0 Å². The van der Waals surface area contributed by atoms with Crippen molar-refractivity contribution in [1.29, 1.82) is 0 Å². The summed E-state index contributed by atoms with van der Waals surface area (Å²) in [6.45, 7) is 2.02. The Morgan fingerprint density at radius 2 is 1.91 bits per heavy atom. The third-order valence-corrected chi connectivity index (χ3v) is 9.13. The minimum atomic E-state index is 0.336. The Morgan fingerprint density at radius 1 is 1.06 bits per heavy atom. The van der Waals surface area contributed by atoms with Gasteiger partial charge in [0.15, 0.2) is 11.5 Å². The van der Waals surface area contributed by atoms with Gasteiger partial charge in [-0.05, 0) is 54.9 Å². The number of anilines is 2. The summed E-state index contributed by atoms with van der Waals surface area (Å²) in [6.07, 6.45) is 10.3. The normalized spacial score (nSPS) is 17.4. The van der Waals surface area contributed by atoms with Crippen molar-refractivity contribution in [3.8, 4) is 0 Å². The molecule has 0 saturated carbocycles. The molecule has 0 bridgehead atoms. The van der Waals surface area contributed by atoms with Gasteiger partial charge in [-0.3, -0.25) is 9.08 Å². The number of fused-ring (bicyclic) bond motifs is 1. The molecule has 1 spiro atoms. The van der Waals surface area contributed by atoms with Crippen molar-refractivity contribution in [2.75, 3.05) is 23.7 Å². The Bertz CT molecular complexity index is 1550. The van der Waals surface area contributed by atoms with E-state index in [-0.39, 0.29) is 0 Å². The molecule has 2 aliphatic rings. The van der Waals surface area contributed by atoms with E-state index in [0.717, 1.165) is 58.4 Å². The minimum Gasteiger partial charge on any atom is -0.382 e. The fourth-order valence-corrected chi connectivity index (χ4v) is 6.83. The van der Waals surface area contributed by atoms with Crippen molar-refractivity contribution >= 4 is 51.8 Å². The number of aryl methyl sites for hydroxylation is 1. The van der Waals surface area contributed by atoms with E-state index in [1.54, 1.807) is 18.0 Å². The van der Waals surface area contributed by atoms with Gasteiger partial charge in [0.05, 0.1) is 22.3 Å². The fourth-order valence-electron chi connectivity index (χ4n) is 5.67. The van der Waals surface area contributed by atoms with Gasteiger partial charge in [0.25, 0.3) is 0 Å². The van der Waals surface area contributed by atoms with Crippen LogP contribution in [0.4, 0.5) is 11.6 Å². The molecule has 5 aromatic rings. The number of pyridine rings is 2. The zero-order valence-electron chi connectivity index (χ0n) is 18.7. The van der Waals surface area contributed by atoms with E-state index in [1.165, 1.54) is 24.1 Å². The highest BCUT2D eigenvalue weighted by Crippen LogP contribution is 2.46. The molecule has 1 aliphatic heterocycles. The second kappa shape index (κ2) is 7.23. The molecule has 6 heterocycles. The van der Waals surface area contributed by atoms with Crippen molar-refractivity contribution < 1.29 is 0 Å². The number of halogens is 1. The van der Waals surface area contributed by atoms with Gasteiger partial charge in [0.1, 0.15) is 17.0 Å². The maximum absolute atomic E-state index is 6.38. The van der Waals surface area contributed by atoms with E-state index in [9.17, 15) is 0 Å². The molecule has 172 valence electrons. The van der Waals surface area contributed by atoms with Gasteiger partial charge in [-0.2, -0.15) is 5.10 Å². The number of hydrogen-bond acceptors (Lipinski definition) is 7. The molecule has 0 unspecified atom stereocenters. The third-order valence-electron chi connectivity index (χ3n) is 7.52. The molecule has 10 heteroatoms. The van der Waals surface area contributed by atoms with Gasteiger partial charge in [-0.25, -0.2) is 15.0 Å². The molecule has 1 aliphatic carbocycles. The Kier molecular flexibility index (Phi) is 4.32. The molecule has 34 heavy (non-hydrogen) atoms. The predicted molar refractivity (Wildman–Crippen MR) is 134 cm³/mol. The lowest BCUT2D eigenvalue weighted by Gasteiger charge is -2.39. The molecular weight excluding hydrogens is 468 g/mol. The van der Waals surface area contributed by atoms with E-state index >= 15 is 0 Å². The minimum absolute atomic E-state index is 0.336. The van der Waals surface area contributed by atoms with Crippen LogP contribution in [0.15, 0.2) is 46.6 Å². The van der Waals surface area contributed by atoms with Gasteiger partial charge in [-0.15, -0.1) is 0 Å². The number of nitrogens with zero attached hydrogens (tertiary/aromatic N) is 7. The SMILES string of the molecule is Cn1ncc2c1CC1(CCN(c3nc4ccc(Sc5ccnc(N)c5Cl)c5ncc3n45)CC1)C2. The first-order chi connectivity index (χ1) is 16.5. The van der Waals surface area contributed by atoms with Crippen LogP contribution in [0.2, 0.25) is 5.02 Å². The van der Waals surface area contributed by atoms with Crippen LogP contribution in [0, 0.1) is 5.41 Å². The topological polar surface area (TPSA) is 90.2 Å². The summed E-state index contributed by atoms with van der Waals surface area (Å²) >= 11 is 7.93. The highest BCUT2D eigenvalue weighted by atomic mass is 35.5. The summed E-state index contributed by atoms with van der Waals surface area (Å²) in [6, 6.07) is 5.98. The standard InChI is InChI=1S/C24H23ClN8S/c1-31-15-11-24(10-14(15)12-29-31)5-8-32(9-6-24)22-16-13-28-23-18(2-3-19(30-22)33(16)23)34-17-4-7-27-21(26)20(17)25/h2-4,7,12-13H,5-6,8-11H2,1H3,(H2,26,27). The number of nitrogen functional groups attached to an aromatic ring is 1. The maximum atomic E-state index is 6.38. The van der Waals surface area contributed by atoms with Crippen LogP contribution >= 0.6 is 23.4 Å². The van der Waals surface area contributed by atoms with Crippen LogP contribution in [0.3, 0.4) is 0 Å². The van der Waals surface area contributed by atoms with Crippen molar-refractivity contribution in [3.05, 3.63) is 53.1 Å². The Labute approximate surface area is 205 Å². The highest BCUT2D eigenvalue weighted by molar-refractivity contribution is 7.99. The highest BCUT2D eigenvalue weighted by Gasteiger charge is 2.42. The second-order valence-corrected chi connectivity index (χ2v) is 10.9. The fraction of sp³-hybridized carbons (Fsp3) is 0.333. The molecule has 7 rings (SSSR count). The Hall–Kier alpha value is -3.04. The predicted octanol–water partition coefficient (Wildman–Crippen LogP) is 4.22. The monoisotopic (exact) mass is 490 g/mol. The molecular formula is C24H23ClN8S. The lowest BCUT2D eigenvalue weighted by atomic mass is 9.76. The lowest BCUT2D eigenvalue weighted by molar-refractivity contribution is 0.228. The van der Waals surface area contributed by atoms with Crippen molar-refractivity contribution in [2.24, 2.45) is 12.5 Å². The summed E-state index contributed by atoms with van der Waals surface area (Å²) in [5.74, 6) is 1.37. The van der Waals surface area contributed by atoms with Crippen LogP contribution in [0.1, 0.15) is 24.1 Å². The van der Waals surface area contributed by atoms with Crippen LogP contribution in [-0.2, 0) is 19.9 Å². The molecule has 2 N–H and O–H groups in total. The Balaban J connectivity index is 1.17. The molecule has 0 atom stereocenters. The molecule has 8 nitrogen and oxygen atoms in total. The van der Waals surface area contributed by atoms with Gasteiger partial charge in [-0.1, -0.05) is 23.4 Å². The van der Waals surface area contributed by atoms with E-state index in [2.05, 4.69) is 49.4 Å². The maximum Gasteiger partial charge on any atom is 0.157 e. The largest absolute Gasteiger partial charge is 0.382 e. The summed E-state index contributed by atoms with van der Waals surface area (Å²) < 4.78 is 4.21. The lowest BCUT2D eigenvalue weighted by Crippen LogP contribution is -2.41. The second-order valence-electron chi connectivity index (χ2n) is 9.48. The summed E-state index contributed by atoms with van der Waals surface area (Å²) in [5.41, 5.74) is 12.0. The third kappa shape index (κ3) is 2.93. The molecule has 5 aromatic heterocycles. The molecule has 0 aromatic carbocycles.